The summed E-state index contributed by atoms with van der Waals surface area (Å²) in [5, 5.41) is 14.8. The van der Waals surface area contributed by atoms with E-state index in [0.29, 0.717) is 11.7 Å². The molecule has 0 radical (unpaired) electrons. The Morgan fingerprint density at radius 3 is 2.80 bits per heavy atom. The molecule has 1 aliphatic carbocycles. The minimum Gasteiger partial charge on any atom is -0.504 e. The van der Waals surface area contributed by atoms with Crippen molar-refractivity contribution in [2.75, 3.05) is 13.7 Å². The summed E-state index contributed by atoms with van der Waals surface area (Å²) in [6.07, 6.45) is 8.39. The van der Waals surface area contributed by atoms with Crippen LogP contribution in [0.4, 0.5) is 0 Å². The van der Waals surface area contributed by atoms with Crippen LogP contribution in [0.15, 0.2) is 18.3 Å². The van der Waals surface area contributed by atoms with Gasteiger partial charge in [-0.1, -0.05) is 12.8 Å². The summed E-state index contributed by atoms with van der Waals surface area (Å²) in [4.78, 5) is 2.48. The molecule has 1 fully saturated rings. The normalized spacial score (nSPS) is 18.5. The number of benzene rings is 1. The van der Waals surface area contributed by atoms with Gasteiger partial charge in [0.2, 0.25) is 0 Å². The van der Waals surface area contributed by atoms with E-state index >= 15 is 0 Å². The second kappa shape index (κ2) is 6.71. The zero-order chi connectivity index (χ0) is 17.4. The largest absolute Gasteiger partial charge is 0.504 e. The average molecular weight is 341 g/mol. The fourth-order valence-corrected chi connectivity index (χ4v) is 4.39. The van der Waals surface area contributed by atoms with Crippen LogP contribution in [0.5, 0.6) is 11.5 Å². The molecule has 134 valence electrons. The van der Waals surface area contributed by atoms with Crippen molar-refractivity contribution >= 4 is 0 Å². The van der Waals surface area contributed by atoms with Gasteiger partial charge in [-0.2, -0.15) is 5.10 Å². The highest BCUT2D eigenvalue weighted by atomic mass is 16.5. The molecule has 1 N–H and O–H groups in total. The summed E-state index contributed by atoms with van der Waals surface area (Å²) in [7, 11) is 3.63. The maximum absolute atomic E-state index is 9.98. The molecule has 0 atom stereocenters. The number of nitrogens with zero attached hydrogens (tertiary/aromatic N) is 3. The van der Waals surface area contributed by atoms with E-state index < -0.39 is 0 Å². The maximum atomic E-state index is 9.98. The van der Waals surface area contributed by atoms with E-state index in [1.165, 1.54) is 48.1 Å². The van der Waals surface area contributed by atoms with E-state index in [1.54, 1.807) is 7.11 Å². The summed E-state index contributed by atoms with van der Waals surface area (Å²) < 4.78 is 7.25. The van der Waals surface area contributed by atoms with Crippen LogP contribution < -0.4 is 4.74 Å². The number of phenolic OH excluding ortho intramolecular Hbond substituents is 1. The highest BCUT2D eigenvalue weighted by Gasteiger charge is 2.25. The quantitative estimate of drug-likeness (QED) is 0.926. The number of ether oxygens (including phenoxy) is 1. The number of phenols is 1. The number of hydrogen-bond donors (Lipinski definition) is 1. The predicted octanol–water partition coefficient (Wildman–Crippen LogP) is 3.35. The third-order valence-corrected chi connectivity index (χ3v) is 5.67. The van der Waals surface area contributed by atoms with Crippen molar-refractivity contribution in [2.24, 2.45) is 7.05 Å². The smallest absolute Gasteiger partial charge is 0.160 e. The average Bonchev–Trinajstić information content (AvgIpc) is 3.24. The summed E-state index contributed by atoms with van der Waals surface area (Å²) in [5.41, 5.74) is 5.18. The molecule has 1 saturated carbocycles. The zero-order valence-corrected chi connectivity index (χ0v) is 15.2. The molecule has 4 rings (SSSR count). The van der Waals surface area contributed by atoms with Gasteiger partial charge in [0.1, 0.15) is 0 Å². The Kier molecular flexibility index (Phi) is 4.42. The Morgan fingerprint density at radius 2 is 2.04 bits per heavy atom. The second-order valence-electron chi connectivity index (χ2n) is 7.45. The molecule has 0 spiro atoms. The number of methoxy groups -OCH3 is 1. The number of hydrogen-bond acceptors (Lipinski definition) is 4. The number of fused-ring (bicyclic) bond motifs is 1. The molecule has 1 aromatic carbocycles. The first kappa shape index (κ1) is 16.5. The Balaban J connectivity index is 1.53. The third-order valence-electron chi connectivity index (χ3n) is 5.67. The summed E-state index contributed by atoms with van der Waals surface area (Å²) in [6.45, 7) is 2.85. The first-order chi connectivity index (χ1) is 12.1. The van der Waals surface area contributed by atoms with E-state index in [1.807, 2.05) is 23.9 Å². The van der Waals surface area contributed by atoms with Crippen molar-refractivity contribution in [1.29, 1.82) is 0 Å². The molecule has 25 heavy (non-hydrogen) atoms. The van der Waals surface area contributed by atoms with Gasteiger partial charge in [0.05, 0.1) is 12.8 Å². The molecule has 1 aromatic heterocycles. The second-order valence-corrected chi connectivity index (χ2v) is 7.45. The van der Waals surface area contributed by atoms with Gasteiger partial charge in [0.15, 0.2) is 11.5 Å². The van der Waals surface area contributed by atoms with Gasteiger partial charge < -0.3 is 9.84 Å². The SMILES string of the molecule is COc1cc2c(cc1O)CCN(Cc1cn(C)nc1C1CCCC1)C2. The fraction of sp³-hybridized carbons (Fsp3) is 0.550. The van der Waals surface area contributed by atoms with Crippen molar-refractivity contribution in [1.82, 2.24) is 14.7 Å². The summed E-state index contributed by atoms with van der Waals surface area (Å²) in [5.74, 6) is 1.45. The first-order valence-electron chi connectivity index (χ1n) is 9.27. The molecule has 5 nitrogen and oxygen atoms in total. The molecule has 0 bridgehead atoms. The molecular formula is C20H27N3O2. The lowest BCUT2D eigenvalue weighted by Gasteiger charge is -2.29. The third kappa shape index (κ3) is 3.25. The van der Waals surface area contributed by atoms with Crippen LogP contribution in [0.2, 0.25) is 0 Å². The number of aromatic nitrogens is 2. The van der Waals surface area contributed by atoms with Gasteiger partial charge in [-0.25, -0.2) is 0 Å². The number of aryl methyl sites for hydroxylation is 1. The van der Waals surface area contributed by atoms with Crippen molar-refractivity contribution in [3.63, 3.8) is 0 Å². The fourth-order valence-electron chi connectivity index (χ4n) is 4.39. The molecule has 0 amide bonds. The zero-order valence-electron chi connectivity index (χ0n) is 15.2. The lowest BCUT2D eigenvalue weighted by atomic mass is 9.97. The van der Waals surface area contributed by atoms with Crippen LogP contribution in [-0.4, -0.2) is 33.4 Å². The Morgan fingerprint density at radius 1 is 1.24 bits per heavy atom. The highest BCUT2D eigenvalue weighted by Crippen LogP contribution is 2.36. The van der Waals surface area contributed by atoms with Gasteiger partial charge in [0.25, 0.3) is 0 Å². The standard InChI is InChI=1S/C20H27N3O2/c1-22-11-17(20(21-22)14-5-3-4-6-14)13-23-8-7-15-9-18(24)19(25-2)10-16(15)12-23/h9-11,14,24H,3-8,12-13H2,1-2H3. The Bertz CT molecular complexity index is 763. The van der Waals surface area contributed by atoms with Crippen LogP contribution in [-0.2, 0) is 26.6 Å². The minimum absolute atomic E-state index is 0.241. The van der Waals surface area contributed by atoms with Crippen LogP contribution in [0.1, 0.15) is 54.0 Å². The van der Waals surface area contributed by atoms with Crippen molar-refractivity contribution < 1.29 is 9.84 Å². The lowest BCUT2D eigenvalue weighted by molar-refractivity contribution is 0.243. The number of aromatic hydroxyl groups is 1. The molecule has 0 unspecified atom stereocenters. The first-order valence-corrected chi connectivity index (χ1v) is 9.27. The van der Waals surface area contributed by atoms with Gasteiger partial charge >= 0.3 is 0 Å². The molecule has 5 heteroatoms. The van der Waals surface area contributed by atoms with E-state index in [2.05, 4.69) is 11.1 Å². The van der Waals surface area contributed by atoms with Gasteiger partial charge in [-0.15, -0.1) is 0 Å². The molecule has 2 aliphatic rings. The van der Waals surface area contributed by atoms with E-state index in [-0.39, 0.29) is 5.75 Å². The summed E-state index contributed by atoms with van der Waals surface area (Å²) in [6, 6.07) is 3.84. The monoisotopic (exact) mass is 341 g/mol. The number of rotatable bonds is 4. The van der Waals surface area contributed by atoms with Crippen LogP contribution in [0.25, 0.3) is 0 Å². The summed E-state index contributed by atoms with van der Waals surface area (Å²) >= 11 is 0. The lowest BCUT2D eigenvalue weighted by Crippen LogP contribution is -2.30. The van der Waals surface area contributed by atoms with E-state index in [9.17, 15) is 5.11 Å². The Hall–Kier alpha value is -2.01. The van der Waals surface area contributed by atoms with Gasteiger partial charge in [0, 0.05) is 44.4 Å². The molecule has 0 saturated heterocycles. The van der Waals surface area contributed by atoms with Crippen molar-refractivity contribution in [3.05, 3.63) is 40.7 Å². The van der Waals surface area contributed by atoms with Crippen LogP contribution in [0.3, 0.4) is 0 Å². The van der Waals surface area contributed by atoms with Crippen LogP contribution >= 0.6 is 0 Å². The van der Waals surface area contributed by atoms with E-state index in [0.717, 1.165) is 26.1 Å². The maximum Gasteiger partial charge on any atom is 0.160 e. The molecule has 2 aromatic rings. The highest BCUT2D eigenvalue weighted by molar-refractivity contribution is 5.47. The topological polar surface area (TPSA) is 50.5 Å². The molecular weight excluding hydrogens is 314 g/mol. The van der Waals surface area contributed by atoms with Crippen molar-refractivity contribution in [3.8, 4) is 11.5 Å². The van der Waals surface area contributed by atoms with E-state index in [4.69, 9.17) is 9.84 Å². The predicted molar refractivity (Wildman–Crippen MR) is 96.9 cm³/mol. The van der Waals surface area contributed by atoms with Gasteiger partial charge in [-0.3, -0.25) is 9.58 Å². The minimum atomic E-state index is 0.241. The van der Waals surface area contributed by atoms with Crippen molar-refractivity contribution in [2.45, 2.75) is 51.1 Å². The Labute approximate surface area is 149 Å². The van der Waals surface area contributed by atoms with Crippen LogP contribution in [0, 0.1) is 0 Å². The molecule has 2 heterocycles. The van der Waals surface area contributed by atoms with Gasteiger partial charge in [-0.05, 0) is 42.5 Å². The molecule has 1 aliphatic heterocycles.